The minimum Gasteiger partial charge on any atom is -0.304 e. The number of hydrogen-bond donors (Lipinski definition) is 2. The molecule has 9 heteroatoms. The molecular weight excluding hydrogens is 356 g/mol. The number of amides is 2. The maximum absolute atomic E-state index is 12.5. The maximum atomic E-state index is 12.5. The highest BCUT2D eigenvalue weighted by Gasteiger charge is 2.30. The number of nitrogens with one attached hydrogen (secondary N) is 1. The van der Waals surface area contributed by atoms with Gasteiger partial charge in [0.1, 0.15) is 5.69 Å². The standard InChI is InChI=1S/C17H20N4O4S/c1-3-19(4-2)26(24,25)14-11-9-13(10-12-14)20-17(22)18-15-7-5-6-8-16(15)21(20)23/h5-12,23H,3-4H2,1-2H3,(H,18,22). The van der Waals surface area contributed by atoms with E-state index in [0.29, 0.717) is 30.2 Å². The number of para-hydroxylation sites is 2. The molecule has 0 radical (unpaired) electrons. The van der Waals surface area contributed by atoms with Crippen molar-refractivity contribution in [3.05, 3.63) is 48.5 Å². The van der Waals surface area contributed by atoms with Crippen molar-refractivity contribution >= 4 is 33.1 Å². The molecule has 2 aromatic carbocycles. The fourth-order valence-electron chi connectivity index (χ4n) is 2.81. The molecule has 0 saturated carbocycles. The Morgan fingerprint density at radius 3 is 2.27 bits per heavy atom. The predicted molar refractivity (Wildman–Crippen MR) is 98.8 cm³/mol. The molecule has 2 amide bonds. The molecule has 2 N–H and O–H groups in total. The van der Waals surface area contributed by atoms with Crippen molar-refractivity contribution in [2.24, 2.45) is 0 Å². The first-order chi connectivity index (χ1) is 12.4. The number of hydrogen-bond acceptors (Lipinski definition) is 5. The molecule has 0 spiro atoms. The SMILES string of the molecule is CCN(CC)S(=O)(=O)c1ccc(N2C(=O)Nc3ccccc3N2O)cc1. The second-order valence-electron chi connectivity index (χ2n) is 5.63. The number of carbonyl (C=O) groups excluding carboxylic acids is 1. The zero-order valence-corrected chi connectivity index (χ0v) is 15.3. The molecule has 0 aromatic heterocycles. The molecule has 0 atom stereocenters. The molecular formula is C17H20N4O4S. The van der Waals surface area contributed by atoms with Crippen LogP contribution < -0.4 is 15.5 Å². The van der Waals surface area contributed by atoms with E-state index in [1.54, 1.807) is 38.1 Å². The van der Waals surface area contributed by atoms with Gasteiger partial charge in [-0.15, -0.1) is 0 Å². The third-order valence-corrected chi connectivity index (χ3v) is 6.23. The lowest BCUT2D eigenvalue weighted by molar-refractivity contribution is 0.221. The van der Waals surface area contributed by atoms with Crippen LogP contribution in [0, 0.1) is 0 Å². The van der Waals surface area contributed by atoms with Crippen molar-refractivity contribution in [2.75, 3.05) is 28.6 Å². The van der Waals surface area contributed by atoms with Crippen LogP contribution in [0.4, 0.5) is 21.9 Å². The van der Waals surface area contributed by atoms with Gasteiger partial charge in [0.2, 0.25) is 10.0 Å². The lowest BCUT2D eigenvalue weighted by atomic mass is 10.2. The highest BCUT2D eigenvalue weighted by Crippen LogP contribution is 2.33. The van der Waals surface area contributed by atoms with Crippen molar-refractivity contribution in [1.29, 1.82) is 0 Å². The van der Waals surface area contributed by atoms with E-state index in [9.17, 15) is 18.4 Å². The van der Waals surface area contributed by atoms with Gasteiger partial charge in [-0.1, -0.05) is 26.0 Å². The highest BCUT2D eigenvalue weighted by atomic mass is 32.2. The van der Waals surface area contributed by atoms with E-state index in [1.165, 1.54) is 28.6 Å². The van der Waals surface area contributed by atoms with E-state index < -0.39 is 16.1 Å². The van der Waals surface area contributed by atoms with Crippen LogP contribution in [0.3, 0.4) is 0 Å². The summed E-state index contributed by atoms with van der Waals surface area (Å²) >= 11 is 0. The Kier molecular flexibility index (Phi) is 4.86. The van der Waals surface area contributed by atoms with Crippen LogP contribution in [-0.4, -0.2) is 37.1 Å². The topological polar surface area (TPSA) is 93.2 Å². The molecule has 0 fully saturated rings. The summed E-state index contributed by atoms with van der Waals surface area (Å²) in [6, 6.07) is 12.1. The number of carbonyl (C=O) groups is 1. The summed E-state index contributed by atoms with van der Waals surface area (Å²) in [5.74, 6) is 0. The lowest BCUT2D eigenvalue weighted by Gasteiger charge is -2.36. The van der Waals surface area contributed by atoms with E-state index in [1.807, 2.05) is 0 Å². The first kappa shape index (κ1) is 18.2. The number of anilines is 3. The number of nitrogens with zero attached hydrogens (tertiary/aromatic N) is 3. The van der Waals surface area contributed by atoms with Gasteiger partial charge in [0.05, 0.1) is 16.3 Å². The van der Waals surface area contributed by atoms with Crippen molar-refractivity contribution in [3.8, 4) is 0 Å². The molecule has 1 aliphatic heterocycles. The Balaban J connectivity index is 1.93. The zero-order chi connectivity index (χ0) is 18.9. The molecule has 0 aliphatic carbocycles. The Morgan fingerprint density at radius 1 is 1.04 bits per heavy atom. The average Bonchev–Trinajstić information content (AvgIpc) is 2.63. The summed E-state index contributed by atoms with van der Waals surface area (Å²) in [6.07, 6.45) is 0. The smallest absolute Gasteiger partial charge is 0.304 e. The Bertz CT molecular complexity index is 911. The first-order valence-corrected chi connectivity index (χ1v) is 9.63. The van der Waals surface area contributed by atoms with Crippen LogP contribution in [0.15, 0.2) is 53.4 Å². The van der Waals surface area contributed by atoms with E-state index in [0.717, 1.165) is 10.2 Å². The third-order valence-electron chi connectivity index (χ3n) is 4.17. The van der Waals surface area contributed by atoms with Crippen LogP contribution >= 0.6 is 0 Å². The highest BCUT2D eigenvalue weighted by molar-refractivity contribution is 7.89. The van der Waals surface area contributed by atoms with Crippen molar-refractivity contribution < 1.29 is 18.4 Å². The summed E-state index contributed by atoms with van der Waals surface area (Å²) in [6.45, 7) is 4.29. The quantitative estimate of drug-likeness (QED) is 0.837. The van der Waals surface area contributed by atoms with Crippen molar-refractivity contribution in [3.63, 3.8) is 0 Å². The van der Waals surface area contributed by atoms with Gasteiger partial charge in [0.25, 0.3) is 0 Å². The van der Waals surface area contributed by atoms with Crippen LogP contribution in [0.2, 0.25) is 0 Å². The van der Waals surface area contributed by atoms with Gasteiger partial charge in [-0.05, 0) is 36.4 Å². The second kappa shape index (κ2) is 6.94. The molecule has 0 bridgehead atoms. The largest absolute Gasteiger partial charge is 0.347 e. The molecule has 8 nitrogen and oxygen atoms in total. The van der Waals surface area contributed by atoms with E-state index in [-0.39, 0.29) is 4.90 Å². The summed E-state index contributed by atoms with van der Waals surface area (Å²) in [7, 11) is -3.59. The van der Waals surface area contributed by atoms with Gasteiger partial charge < -0.3 is 5.32 Å². The first-order valence-electron chi connectivity index (χ1n) is 8.19. The molecule has 2 aromatic rings. The van der Waals surface area contributed by atoms with E-state index in [2.05, 4.69) is 5.32 Å². The molecule has 138 valence electrons. The van der Waals surface area contributed by atoms with Crippen LogP contribution in [0.1, 0.15) is 13.8 Å². The number of hydrazine groups is 1. The summed E-state index contributed by atoms with van der Waals surface area (Å²) < 4.78 is 26.4. The zero-order valence-electron chi connectivity index (χ0n) is 14.5. The van der Waals surface area contributed by atoms with Gasteiger partial charge in [0, 0.05) is 13.1 Å². The monoisotopic (exact) mass is 376 g/mol. The summed E-state index contributed by atoms with van der Waals surface area (Å²) in [5.41, 5.74) is 1.22. The summed E-state index contributed by atoms with van der Waals surface area (Å²) in [5, 5.41) is 14.9. The van der Waals surface area contributed by atoms with Crippen molar-refractivity contribution in [1.82, 2.24) is 4.31 Å². The second-order valence-corrected chi connectivity index (χ2v) is 7.57. The number of benzene rings is 2. The van der Waals surface area contributed by atoms with Gasteiger partial charge in [-0.3, -0.25) is 5.21 Å². The Morgan fingerprint density at radius 2 is 1.65 bits per heavy atom. The molecule has 0 saturated heterocycles. The Hall–Kier alpha value is -2.62. The minimum absolute atomic E-state index is 0.132. The minimum atomic E-state index is -3.59. The number of fused-ring (bicyclic) bond motifs is 1. The molecule has 0 unspecified atom stereocenters. The van der Waals surface area contributed by atoms with E-state index >= 15 is 0 Å². The van der Waals surface area contributed by atoms with E-state index in [4.69, 9.17) is 0 Å². The fourth-order valence-corrected chi connectivity index (χ4v) is 4.27. The lowest BCUT2D eigenvalue weighted by Crippen LogP contribution is -2.51. The average molecular weight is 376 g/mol. The van der Waals surface area contributed by atoms with Gasteiger partial charge >= 0.3 is 6.03 Å². The molecule has 3 rings (SSSR count). The van der Waals surface area contributed by atoms with Gasteiger partial charge in [-0.2, -0.15) is 14.5 Å². The normalized spacial score (nSPS) is 14.4. The summed E-state index contributed by atoms with van der Waals surface area (Å²) in [4.78, 5) is 12.5. The third kappa shape index (κ3) is 3.00. The number of sulfonamides is 1. The maximum Gasteiger partial charge on any atom is 0.347 e. The number of rotatable bonds is 5. The molecule has 26 heavy (non-hydrogen) atoms. The van der Waals surface area contributed by atoms with Crippen molar-refractivity contribution in [2.45, 2.75) is 18.7 Å². The van der Waals surface area contributed by atoms with Gasteiger partial charge in [-0.25, -0.2) is 13.2 Å². The van der Waals surface area contributed by atoms with Crippen LogP contribution in [0.5, 0.6) is 0 Å². The molecule has 1 aliphatic rings. The Labute approximate surface area is 152 Å². The predicted octanol–water partition coefficient (Wildman–Crippen LogP) is 2.88. The number of urea groups is 1. The fraction of sp³-hybridized carbons (Fsp3) is 0.235. The van der Waals surface area contributed by atoms with Crippen LogP contribution in [0.25, 0.3) is 0 Å². The molecule has 1 heterocycles. The van der Waals surface area contributed by atoms with Crippen LogP contribution in [-0.2, 0) is 10.0 Å². The van der Waals surface area contributed by atoms with Gasteiger partial charge in [0.15, 0.2) is 0 Å².